The average molecular weight is 467 g/mol. The van der Waals surface area contributed by atoms with Crippen LogP contribution in [-0.4, -0.2) is 25.3 Å². The van der Waals surface area contributed by atoms with Crippen molar-refractivity contribution in [2.45, 2.75) is 55.4 Å². The number of benzene rings is 2. The van der Waals surface area contributed by atoms with Crippen LogP contribution in [0.25, 0.3) is 0 Å². The van der Waals surface area contributed by atoms with Crippen molar-refractivity contribution in [1.29, 1.82) is 0 Å². The molecule has 0 aliphatic carbocycles. The summed E-state index contributed by atoms with van der Waals surface area (Å²) in [5, 5.41) is 0.816. The fourth-order valence-corrected chi connectivity index (χ4v) is 4.41. The van der Waals surface area contributed by atoms with Crippen LogP contribution in [0.1, 0.15) is 64.5 Å². The molecule has 0 amide bonds. The Hall–Kier alpha value is -1.46. The summed E-state index contributed by atoms with van der Waals surface area (Å²) in [6.07, 6.45) is 0. The Kier molecular flexibility index (Phi) is 12.6. The van der Waals surface area contributed by atoms with E-state index in [0.29, 0.717) is 54.8 Å². The summed E-state index contributed by atoms with van der Waals surface area (Å²) in [6, 6.07) is 9.78. The third-order valence-electron chi connectivity index (χ3n) is 4.71. The largest absolute Gasteiger partial charge is 1.00 e. The summed E-state index contributed by atoms with van der Waals surface area (Å²) in [5.74, 6) is 3.20. The molecule has 6 heteroatoms. The van der Waals surface area contributed by atoms with Crippen LogP contribution in [0.5, 0.6) is 17.2 Å². The molecule has 33 heavy (non-hydrogen) atoms. The summed E-state index contributed by atoms with van der Waals surface area (Å²) in [4.78, 5) is 13.4. The van der Waals surface area contributed by atoms with Crippen LogP contribution in [0, 0.1) is 31.6 Å². The standard InChI is InChI=1S/C27H39O4P.Li.H/c1-17(2)14-29-22-12-23(30-15-18(3)4)26(24(13-22)31-16-19(5)6)32-27(28)25-20(7)10-9-11-21(25)8;;/h9-13,17-19,32H,14-16H2,1-8H3;;/q;+1;-1. The molecule has 0 aliphatic rings. The Bertz CT molecular complexity index is 862. The third kappa shape index (κ3) is 9.36. The molecule has 0 aliphatic heterocycles. The molecule has 0 radical (unpaired) electrons. The maximum atomic E-state index is 13.4. The third-order valence-corrected chi connectivity index (χ3v) is 5.93. The number of hydrogen-bond donors (Lipinski definition) is 0. The van der Waals surface area contributed by atoms with E-state index >= 15 is 0 Å². The summed E-state index contributed by atoms with van der Waals surface area (Å²) >= 11 is 0. The van der Waals surface area contributed by atoms with E-state index in [1.54, 1.807) is 0 Å². The molecule has 0 saturated heterocycles. The molecule has 0 heterocycles. The van der Waals surface area contributed by atoms with E-state index < -0.39 is 0 Å². The van der Waals surface area contributed by atoms with Crippen LogP contribution in [0.2, 0.25) is 0 Å². The van der Waals surface area contributed by atoms with Crippen molar-refractivity contribution < 1.29 is 39.3 Å². The molecule has 4 nitrogen and oxygen atoms in total. The summed E-state index contributed by atoms with van der Waals surface area (Å²) in [6.45, 7) is 18.4. The van der Waals surface area contributed by atoms with Crippen LogP contribution < -0.4 is 38.4 Å². The minimum absolute atomic E-state index is 0. The zero-order valence-electron chi connectivity index (χ0n) is 22.9. The quantitative estimate of drug-likeness (QED) is 0.354. The monoisotopic (exact) mass is 466 g/mol. The molecule has 1 unspecified atom stereocenters. The normalized spacial score (nSPS) is 11.4. The van der Waals surface area contributed by atoms with E-state index in [2.05, 4.69) is 41.5 Å². The zero-order chi connectivity index (χ0) is 23.8. The van der Waals surface area contributed by atoms with Gasteiger partial charge in [-0.15, -0.1) is 0 Å². The number of hydrogen-bond acceptors (Lipinski definition) is 4. The fourth-order valence-electron chi connectivity index (χ4n) is 3.12. The maximum absolute atomic E-state index is 13.4. The van der Waals surface area contributed by atoms with E-state index in [9.17, 15) is 4.79 Å². The van der Waals surface area contributed by atoms with Crippen molar-refractivity contribution in [3.8, 4) is 17.2 Å². The number of rotatable bonds is 12. The van der Waals surface area contributed by atoms with Gasteiger partial charge < -0.3 is 15.6 Å². The first-order valence-electron chi connectivity index (χ1n) is 11.5. The minimum atomic E-state index is -0.0977. The van der Waals surface area contributed by atoms with Gasteiger partial charge in [0, 0.05) is 17.7 Å². The van der Waals surface area contributed by atoms with Gasteiger partial charge in [0.2, 0.25) is 0 Å². The van der Waals surface area contributed by atoms with Crippen LogP contribution in [-0.2, 0) is 0 Å². The Morgan fingerprint density at radius 2 is 1.24 bits per heavy atom. The molecule has 0 N–H and O–H groups in total. The van der Waals surface area contributed by atoms with Crippen molar-refractivity contribution in [3.63, 3.8) is 0 Å². The average Bonchev–Trinajstić information content (AvgIpc) is 2.70. The second kappa shape index (κ2) is 14.1. The molecule has 0 aromatic heterocycles. The molecule has 0 bridgehead atoms. The molecule has 2 aromatic carbocycles. The van der Waals surface area contributed by atoms with Gasteiger partial charge in [-0.25, -0.2) is 0 Å². The number of aryl methyl sites for hydroxylation is 2. The van der Waals surface area contributed by atoms with Crippen LogP contribution in [0.15, 0.2) is 30.3 Å². The first-order valence-corrected chi connectivity index (χ1v) is 12.5. The van der Waals surface area contributed by atoms with Crippen LogP contribution >= 0.6 is 8.58 Å². The Labute approximate surface area is 215 Å². The van der Waals surface area contributed by atoms with Crippen LogP contribution in [0.4, 0.5) is 0 Å². The van der Waals surface area contributed by atoms with E-state index in [1.807, 2.05) is 44.2 Å². The summed E-state index contributed by atoms with van der Waals surface area (Å²) < 4.78 is 18.4. The topological polar surface area (TPSA) is 44.8 Å². The molecular formula is C27H40LiO4P. The van der Waals surface area contributed by atoms with Gasteiger partial charge in [-0.05, 0) is 51.3 Å². The molecule has 0 fully saturated rings. The van der Waals surface area contributed by atoms with Crippen molar-refractivity contribution in [2.24, 2.45) is 17.8 Å². The van der Waals surface area contributed by atoms with E-state index in [4.69, 9.17) is 14.2 Å². The van der Waals surface area contributed by atoms with E-state index in [1.165, 1.54) is 0 Å². The first-order chi connectivity index (χ1) is 15.1. The molecule has 2 rings (SSSR count). The van der Waals surface area contributed by atoms with Gasteiger partial charge in [0.05, 0.1) is 25.1 Å². The molecule has 1 atom stereocenters. The van der Waals surface area contributed by atoms with Gasteiger partial charge in [-0.2, -0.15) is 0 Å². The Morgan fingerprint density at radius 3 is 1.67 bits per heavy atom. The van der Waals surface area contributed by atoms with Crippen molar-refractivity contribution in [1.82, 2.24) is 0 Å². The molecule has 178 valence electrons. The smallest absolute Gasteiger partial charge is 1.00 e. The first kappa shape index (κ1) is 29.6. The number of carbonyl (C=O) groups is 1. The molecule has 0 saturated carbocycles. The van der Waals surface area contributed by atoms with Crippen molar-refractivity contribution in [2.75, 3.05) is 19.8 Å². The molecule has 0 spiro atoms. The van der Waals surface area contributed by atoms with Crippen molar-refractivity contribution in [3.05, 3.63) is 47.0 Å². The SMILES string of the molecule is Cc1cccc(C)c1C(=O)Pc1c(OCC(C)C)cc(OCC(C)C)cc1OCC(C)C.[H-].[Li+]. The van der Waals surface area contributed by atoms with Gasteiger partial charge in [0.15, 0.2) is 5.52 Å². The minimum Gasteiger partial charge on any atom is -1.00 e. The molecular weight excluding hydrogens is 426 g/mol. The van der Waals surface area contributed by atoms with E-state index in [0.717, 1.165) is 22.0 Å². The Morgan fingerprint density at radius 1 is 0.818 bits per heavy atom. The predicted molar refractivity (Wildman–Crippen MR) is 137 cm³/mol. The summed E-state index contributed by atoms with van der Waals surface area (Å²) in [5.41, 5.74) is 2.87. The Balaban J connectivity index is 0.00000544. The van der Waals surface area contributed by atoms with Gasteiger partial charge in [0.1, 0.15) is 17.2 Å². The number of carbonyl (C=O) groups excluding carboxylic acids is 1. The van der Waals surface area contributed by atoms with Crippen molar-refractivity contribution >= 4 is 19.4 Å². The molecule has 2 aromatic rings. The maximum Gasteiger partial charge on any atom is 1.00 e. The van der Waals surface area contributed by atoms with Gasteiger partial charge >= 0.3 is 18.9 Å². The number of ether oxygens (including phenoxy) is 3. The second-order valence-electron chi connectivity index (χ2n) is 9.63. The van der Waals surface area contributed by atoms with Gasteiger partial charge in [-0.1, -0.05) is 59.7 Å². The fraction of sp³-hybridized carbons (Fsp3) is 0.519. The summed E-state index contributed by atoms with van der Waals surface area (Å²) in [7, 11) is -0.0977. The zero-order valence-corrected chi connectivity index (χ0v) is 22.9. The van der Waals surface area contributed by atoms with Crippen LogP contribution in [0.3, 0.4) is 0 Å². The second-order valence-corrected chi connectivity index (χ2v) is 10.8. The van der Waals surface area contributed by atoms with Gasteiger partial charge in [0.25, 0.3) is 0 Å². The van der Waals surface area contributed by atoms with E-state index in [-0.39, 0.29) is 34.4 Å². The van der Waals surface area contributed by atoms with Gasteiger partial charge in [-0.3, -0.25) is 4.79 Å². The predicted octanol–water partition coefficient (Wildman–Crippen LogP) is 3.67.